The molecule has 1 saturated heterocycles. The first-order chi connectivity index (χ1) is 21.2. The van der Waals surface area contributed by atoms with Gasteiger partial charge in [-0.1, -0.05) is 57.7 Å². The number of amides is 2. The second-order valence-corrected chi connectivity index (χ2v) is 15.4. The van der Waals surface area contributed by atoms with Crippen molar-refractivity contribution in [2.24, 2.45) is 0 Å². The van der Waals surface area contributed by atoms with Gasteiger partial charge in [0.05, 0.1) is 30.4 Å². The number of benzene rings is 2. The number of rotatable bonds is 12. The van der Waals surface area contributed by atoms with Crippen LogP contribution >= 0.6 is 50.8 Å². The van der Waals surface area contributed by atoms with E-state index < -0.39 is 15.9 Å². The van der Waals surface area contributed by atoms with Crippen molar-refractivity contribution in [1.82, 2.24) is 34.6 Å². The van der Waals surface area contributed by atoms with Crippen molar-refractivity contribution in [1.29, 1.82) is 0 Å². The standard InChI is InChI=1S/C26H27BrN8O5S4/c1-2-41-26-33-31-24(43-26)29-22(36)16-42-25-32-30-21(35(25)19-7-5-18(27)6-8-19)15-28-23(37)17-3-9-20(10-4-17)44(38,39)34-11-13-40-14-12-34/h3-10H,2,11-16H2,1H3,(H,28,37)(H,29,31,36). The van der Waals surface area contributed by atoms with E-state index in [0.717, 1.165) is 20.3 Å². The van der Waals surface area contributed by atoms with Crippen molar-refractivity contribution in [3.05, 3.63) is 64.4 Å². The molecule has 2 N–H and O–H groups in total. The summed E-state index contributed by atoms with van der Waals surface area (Å²) in [5, 5.41) is 23.1. The number of carbonyl (C=O) groups excluding carboxylic acids is 2. The zero-order valence-electron chi connectivity index (χ0n) is 23.3. The van der Waals surface area contributed by atoms with Crippen LogP contribution in [-0.2, 0) is 26.1 Å². The van der Waals surface area contributed by atoms with E-state index in [9.17, 15) is 18.0 Å². The minimum Gasteiger partial charge on any atom is -0.379 e. The molecule has 0 atom stereocenters. The number of hydrogen-bond donors (Lipinski definition) is 2. The molecular formula is C26H27BrN8O5S4. The summed E-state index contributed by atoms with van der Waals surface area (Å²) in [6.07, 6.45) is 0. The van der Waals surface area contributed by atoms with Gasteiger partial charge in [-0.3, -0.25) is 19.5 Å². The molecule has 44 heavy (non-hydrogen) atoms. The van der Waals surface area contributed by atoms with Gasteiger partial charge >= 0.3 is 0 Å². The second-order valence-electron chi connectivity index (χ2n) is 9.08. The molecule has 0 radical (unpaired) electrons. The van der Waals surface area contributed by atoms with Crippen LogP contribution < -0.4 is 10.6 Å². The van der Waals surface area contributed by atoms with Gasteiger partial charge in [-0.05, 0) is 54.3 Å². The van der Waals surface area contributed by atoms with Gasteiger partial charge in [0.25, 0.3) is 5.91 Å². The van der Waals surface area contributed by atoms with E-state index in [1.165, 1.54) is 51.7 Å². The highest BCUT2D eigenvalue weighted by atomic mass is 79.9. The summed E-state index contributed by atoms with van der Waals surface area (Å²) < 4.78 is 35.9. The largest absolute Gasteiger partial charge is 0.379 e. The van der Waals surface area contributed by atoms with Crippen molar-refractivity contribution in [2.45, 2.75) is 27.9 Å². The summed E-state index contributed by atoms with van der Waals surface area (Å²) in [5.41, 5.74) is 1.04. The average Bonchev–Trinajstić information content (AvgIpc) is 3.66. The molecule has 0 unspecified atom stereocenters. The van der Waals surface area contributed by atoms with Gasteiger partial charge in [0.1, 0.15) is 0 Å². The van der Waals surface area contributed by atoms with Gasteiger partial charge in [0, 0.05) is 28.8 Å². The van der Waals surface area contributed by atoms with E-state index in [1.54, 1.807) is 16.3 Å². The van der Waals surface area contributed by atoms with Crippen LogP contribution in [0.3, 0.4) is 0 Å². The van der Waals surface area contributed by atoms with Crippen LogP contribution in [0.15, 0.2) is 67.4 Å². The summed E-state index contributed by atoms with van der Waals surface area (Å²) >= 11 is 7.50. The monoisotopic (exact) mass is 738 g/mol. The van der Waals surface area contributed by atoms with Crippen LogP contribution in [0.1, 0.15) is 23.1 Å². The maximum Gasteiger partial charge on any atom is 0.251 e. The summed E-state index contributed by atoms with van der Waals surface area (Å²) in [6.45, 7) is 3.32. The lowest BCUT2D eigenvalue weighted by molar-refractivity contribution is -0.113. The topological polar surface area (TPSA) is 161 Å². The molecule has 232 valence electrons. The van der Waals surface area contributed by atoms with E-state index in [2.05, 4.69) is 47.0 Å². The minimum absolute atomic E-state index is 0.0329. The SMILES string of the molecule is CCSc1nnc(NC(=O)CSc2nnc(CNC(=O)c3ccc(S(=O)(=O)N4CCOCC4)cc3)n2-c2ccc(Br)cc2)s1. The van der Waals surface area contributed by atoms with E-state index in [0.29, 0.717) is 34.9 Å². The Kier molecular flexibility index (Phi) is 11.0. The Morgan fingerprint density at radius 3 is 2.43 bits per heavy atom. The number of sulfonamides is 1. The molecule has 1 aliphatic heterocycles. The lowest BCUT2D eigenvalue weighted by Gasteiger charge is -2.26. The Balaban J connectivity index is 1.26. The van der Waals surface area contributed by atoms with Crippen LogP contribution in [0.4, 0.5) is 5.13 Å². The summed E-state index contributed by atoms with van der Waals surface area (Å²) in [7, 11) is -3.67. The van der Waals surface area contributed by atoms with Crippen molar-refractivity contribution < 1.29 is 22.7 Å². The Bertz CT molecular complexity index is 1710. The smallest absolute Gasteiger partial charge is 0.251 e. The first-order valence-electron chi connectivity index (χ1n) is 13.3. The molecule has 2 aromatic carbocycles. The molecule has 0 bridgehead atoms. The molecule has 2 amide bonds. The summed E-state index contributed by atoms with van der Waals surface area (Å²) in [5.74, 6) is 0.686. The van der Waals surface area contributed by atoms with Crippen molar-refractivity contribution in [3.63, 3.8) is 0 Å². The molecule has 5 rings (SSSR count). The summed E-state index contributed by atoms with van der Waals surface area (Å²) in [6, 6.07) is 13.3. The van der Waals surface area contributed by atoms with E-state index in [-0.39, 0.29) is 36.2 Å². The van der Waals surface area contributed by atoms with Gasteiger partial charge in [-0.2, -0.15) is 4.31 Å². The van der Waals surface area contributed by atoms with Crippen LogP contribution in [0.25, 0.3) is 5.69 Å². The third-order valence-corrected chi connectivity index (χ3v) is 11.4. The quantitative estimate of drug-likeness (QED) is 0.161. The Morgan fingerprint density at radius 1 is 1.00 bits per heavy atom. The predicted molar refractivity (Wildman–Crippen MR) is 172 cm³/mol. The van der Waals surface area contributed by atoms with Crippen molar-refractivity contribution in [3.8, 4) is 5.69 Å². The lowest BCUT2D eigenvalue weighted by Crippen LogP contribution is -2.40. The Labute approximate surface area is 274 Å². The van der Waals surface area contributed by atoms with E-state index in [1.807, 2.05) is 31.2 Å². The number of anilines is 1. The molecular weight excluding hydrogens is 713 g/mol. The number of nitrogens with zero attached hydrogens (tertiary/aromatic N) is 6. The first kappa shape index (κ1) is 32.5. The number of hydrogen-bond acceptors (Lipinski definition) is 12. The molecule has 18 heteroatoms. The number of ether oxygens (including phenoxy) is 1. The molecule has 1 fully saturated rings. The van der Waals surface area contributed by atoms with Gasteiger partial charge in [-0.25, -0.2) is 8.42 Å². The highest BCUT2D eigenvalue weighted by molar-refractivity contribution is 9.10. The molecule has 0 spiro atoms. The molecule has 0 aliphatic carbocycles. The van der Waals surface area contributed by atoms with Crippen LogP contribution in [-0.4, -0.2) is 87.3 Å². The summed E-state index contributed by atoms with van der Waals surface area (Å²) in [4.78, 5) is 25.7. The maximum atomic E-state index is 13.0. The van der Waals surface area contributed by atoms with Gasteiger partial charge in [-0.15, -0.1) is 20.4 Å². The van der Waals surface area contributed by atoms with Crippen molar-refractivity contribution >= 4 is 77.8 Å². The minimum atomic E-state index is -3.67. The fourth-order valence-electron chi connectivity index (χ4n) is 4.06. The van der Waals surface area contributed by atoms with Crippen molar-refractivity contribution in [2.75, 3.05) is 43.1 Å². The number of halogens is 1. The third kappa shape index (κ3) is 8.04. The lowest BCUT2D eigenvalue weighted by atomic mass is 10.2. The average molecular weight is 740 g/mol. The van der Waals surface area contributed by atoms with E-state index >= 15 is 0 Å². The third-order valence-electron chi connectivity index (χ3n) is 6.17. The van der Waals surface area contributed by atoms with Crippen LogP contribution in [0.5, 0.6) is 0 Å². The number of thioether (sulfide) groups is 2. The van der Waals surface area contributed by atoms with Gasteiger partial charge in [0.15, 0.2) is 15.3 Å². The highest BCUT2D eigenvalue weighted by Crippen LogP contribution is 2.27. The Hall–Kier alpha value is -2.87. The van der Waals surface area contributed by atoms with Gasteiger partial charge in [0.2, 0.25) is 21.1 Å². The van der Waals surface area contributed by atoms with E-state index in [4.69, 9.17) is 4.74 Å². The van der Waals surface area contributed by atoms with Crippen LogP contribution in [0, 0.1) is 0 Å². The molecule has 4 aromatic rings. The molecule has 1 aliphatic rings. The normalized spacial score (nSPS) is 14.0. The molecule has 0 saturated carbocycles. The molecule has 13 nitrogen and oxygen atoms in total. The fourth-order valence-corrected chi connectivity index (χ4v) is 8.17. The number of carbonyl (C=O) groups is 2. The number of nitrogens with one attached hydrogen (secondary N) is 2. The van der Waals surface area contributed by atoms with Crippen LogP contribution in [0.2, 0.25) is 0 Å². The van der Waals surface area contributed by atoms with Gasteiger partial charge < -0.3 is 10.1 Å². The number of aromatic nitrogens is 5. The fraction of sp³-hybridized carbons (Fsp3) is 0.308. The number of morpholine rings is 1. The Morgan fingerprint density at radius 2 is 1.73 bits per heavy atom. The highest BCUT2D eigenvalue weighted by Gasteiger charge is 2.26. The predicted octanol–water partition coefficient (Wildman–Crippen LogP) is 3.68. The molecule has 2 aromatic heterocycles. The first-order valence-corrected chi connectivity index (χ1v) is 18.3. The zero-order chi connectivity index (χ0) is 31.1. The maximum absolute atomic E-state index is 13.0. The zero-order valence-corrected chi connectivity index (χ0v) is 28.2. The molecule has 3 heterocycles. The second kappa shape index (κ2) is 14.9.